The van der Waals surface area contributed by atoms with E-state index in [-0.39, 0.29) is 0 Å². The van der Waals surface area contributed by atoms with E-state index >= 15 is 0 Å². The van der Waals surface area contributed by atoms with Gasteiger partial charge in [-0.1, -0.05) is 6.92 Å². The van der Waals surface area contributed by atoms with Gasteiger partial charge in [-0.05, 0) is 32.4 Å². The molecule has 2 atom stereocenters. The molecule has 0 aromatic heterocycles. The van der Waals surface area contributed by atoms with Crippen molar-refractivity contribution in [1.29, 1.82) is 0 Å². The van der Waals surface area contributed by atoms with Crippen molar-refractivity contribution in [2.45, 2.75) is 25.8 Å². The Morgan fingerprint density at radius 1 is 1.29 bits per heavy atom. The van der Waals surface area contributed by atoms with E-state index in [9.17, 15) is 0 Å². The Bertz CT molecular complexity index is 190. The van der Waals surface area contributed by atoms with Crippen molar-refractivity contribution >= 4 is 0 Å². The largest absolute Gasteiger partial charge is 0.385 e. The predicted octanol–water partition coefficient (Wildman–Crippen LogP) is 0.969. The molecule has 0 bridgehead atoms. The second-order valence-electron chi connectivity index (χ2n) is 4.92. The maximum absolute atomic E-state index is 5.59. The van der Waals surface area contributed by atoms with Gasteiger partial charge in [-0.3, -0.25) is 0 Å². The third-order valence-corrected chi connectivity index (χ3v) is 3.55. The smallest absolute Gasteiger partial charge is 0.0593 e. The van der Waals surface area contributed by atoms with E-state index in [1.165, 1.54) is 19.5 Å². The molecule has 0 radical (unpaired) electrons. The Balaban J connectivity index is 2.01. The van der Waals surface area contributed by atoms with Crippen LogP contribution < -0.4 is 5.32 Å². The summed E-state index contributed by atoms with van der Waals surface area (Å²) in [5.74, 6) is 0.738. The molecule has 1 rings (SSSR count). The number of ether oxygens (including phenoxy) is 2. The van der Waals surface area contributed by atoms with Gasteiger partial charge in [0.2, 0.25) is 0 Å². The van der Waals surface area contributed by atoms with E-state index < -0.39 is 0 Å². The van der Waals surface area contributed by atoms with Crippen molar-refractivity contribution in [3.8, 4) is 0 Å². The first-order valence-corrected chi connectivity index (χ1v) is 6.74. The van der Waals surface area contributed by atoms with Gasteiger partial charge in [0.25, 0.3) is 0 Å². The molecular weight excluding hydrogens is 216 g/mol. The van der Waals surface area contributed by atoms with Crippen molar-refractivity contribution < 1.29 is 9.47 Å². The maximum atomic E-state index is 5.59. The molecular formula is C13H28N2O2. The summed E-state index contributed by atoms with van der Waals surface area (Å²) >= 11 is 0. The van der Waals surface area contributed by atoms with Gasteiger partial charge in [0.1, 0.15) is 0 Å². The molecule has 0 spiro atoms. The fourth-order valence-electron chi connectivity index (χ4n) is 2.46. The lowest BCUT2D eigenvalue weighted by Crippen LogP contribution is -2.47. The van der Waals surface area contributed by atoms with E-state index in [4.69, 9.17) is 9.47 Å². The number of likely N-dealkylation sites (tertiary alicyclic amines) is 1. The van der Waals surface area contributed by atoms with Crippen molar-refractivity contribution in [2.24, 2.45) is 5.92 Å². The molecule has 1 aliphatic rings. The van der Waals surface area contributed by atoms with Crippen LogP contribution in [0.2, 0.25) is 0 Å². The molecule has 17 heavy (non-hydrogen) atoms. The summed E-state index contributed by atoms with van der Waals surface area (Å²) in [6, 6.07) is 0.689. The molecule has 1 saturated heterocycles. The second-order valence-corrected chi connectivity index (χ2v) is 4.92. The van der Waals surface area contributed by atoms with Crippen LogP contribution in [0.3, 0.4) is 0 Å². The number of piperidine rings is 1. The summed E-state index contributed by atoms with van der Waals surface area (Å²) in [6.07, 6.45) is 2.25. The Labute approximate surface area is 106 Å². The zero-order valence-corrected chi connectivity index (χ0v) is 11.6. The number of rotatable bonds is 8. The third kappa shape index (κ3) is 5.82. The van der Waals surface area contributed by atoms with Crippen molar-refractivity contribution in [1.82, 2.24) is 10.2 Å². The summed E-state index contributed by atoms with van der Waals surface area (Å²) in [6.45, 7) is 8.23. The molecule has 102 valence electrons. The zero-order valence-electron chi connectivity index (χ0n) is 11.6. The van der Waals surface area contributed by atoms with Gasteiger partial charge in [-0.15, -0.1) is 0 Å². The first-order chi connectivity index (χ1) is 8.27. The first kappa shape index (κ1) is 14.9. The van der Waals surface area contributed by atoms with Gasteiger partial charge in [0.15, 0.2) is 0 Å². The van der Waals surface area contributed by atoms with Crippen LogP contribution in [0.4, 0.5) is 0 Å². The van der Waals surface area contributed by atoms with Crippen LogP contribution in [0.25, 0.3) is 0 Å². The van der Waals surface area contributed by atoms with Crippen LogP contribution in [0.5, 0.6) is 0 Å². The van der Waals surface area contributed by atoms with Crippen LogP contribution >= 0.6 is 0 Å². The summed E-state index contributed by atoms with van der Waals surface area (Å²) in [7, 11) is 3.79. The zero-order chi connectivity index (χ0) is 12.5. The van der Waals surface area contributed by atoms with Gasteiger partial charge >= 0.3 is 0 Å². The average molecular weight is 244 g/mol. The summed E-state index contributed by atoms with van der Waals surface area (Å²) in [5, 5.41) is 3.39. The number of methoxy groups -OCH3 is 1. The molecule has 0 aromatic rings. The summed E-state index contributed by atoms with van der Waals surface area (Å²) < 4.78 is 10.6. The third-order valence-electron chi connectivity index (χ3n) is 3.55. The molecule has 1 N–H and O–H groups in total. The number of hydrogen-bond donors (Lipinski definition) is 1. The predicted molar refractivity (Wildman–Crippen MR) is 70.4 cm³/mol. The van der Waals surface area contributed by atoms with E-state index in [0.29, 0.717) is 6.04 Å². The van der Waals surface area contributed by atoms with Crippen LogP contribution in [0.1, 0.15) is 19.8 Å². The summed E-state index contributed by atoms with van der Waals surface area (Å²) in [5.41, 5.74) is 0. The number of nitrogens with one attached hydrogen (secondary N) is 1. The van der Waals surface area contributed by atoms with Gasteiger partial charge in [0, 0.05) is 39.5 Å². The highest BCUT2D eigenvalue weighted by Crippen LogP contribution is 2.15. The molecule has 0 amide bonds. The Kier molecular flexibility index (Phi) is 7.77. The average Bonchev–Trinajstić information content (AvgIpc) is 2.34. The molecule has 2 unspecified atom stereocenters. The number of hydrogen-bond acceptors (Lipinski definition) is 4. The topological polar surface area (TPSA) is 33.7 Å². The van der Waals surface area contributed by atoms with Crippen LogP contribution in [0, 0.1) is 5.92 Å². The highest BCUT2D eigenvalue weighted by molar-refractivity contribution is 4.81. The molecule has 0 aliphatic carbocycles. The SMILES string of the molecule is CNC1CCN(CCOCCCOC)CC1C. The lowest BCUT2D eigenvalue weighted by Gasteiger charge is -2.36. The monoisotopic (exact) mass is 244 g/mol. The van der Waals surface area contributed by atoms with Gasteiger partial charge in [0.05, 0.1) is 6.61 Å². The standard InChI is InChI=1S/C13H28N2O2/c1-12-11-15(6-5-13(12)14-2)7-10-17-9-4-8-16-3/h12-14H,4-11H2,1-3H3. The van der Waals surface area contributed by atoms with Crippen LogP contribution in [0.15, 0.2) is 0 Å². The minimum absolute atomic E-state index is 0.689. The molecule has 0 aromatic carbocycles. The molecule has 4 heteroatoms. The van der Waals surface area contributed by atoms with Crippen molar-refractivity contribution in [3.63, 3.8) is 0 Å². The lowest BCUT2D eigenvalue weighted by atomic mass is 9.94. The van der Waals surface area contributed by atoms with E-state index in [0.717, 1.165) is 38.7 Å². The Morgan fingerprint density at radius 2 is 2.12 bits per heavy atom. The molecule has 0 saturated carbocycles. The van der Waals surface area contributed by atoms with E-state index in [1.807, 2.05) is 0 Å². The number of nitrogens with zero attached hydrogens (tertiary/aromatic N) is 1. The first-order valence-electron chi connectivity index (χ1n) is 6.74. The fourth-order valence-corrected chi connectivity index (χ4v) is 2.46. The molecule has 4 nitrogen and oxygen atoms in total. The van der Waals surface area contributed by atoms with Gasteiger partial charge in [-0.25, -0.2) is 0 Å². The fraction of sp³-hybridized carbons (Fsp3) is 1.00. The highest BCUT2D eigenvalue weighted by atomic mass is 16.5. The Hall–Kier alpha value is -0.160. The second kappa shape index (κ2) is 8.86. The maximum Gasteiger partial charge on any atom is 0.0593 e. The van der Waals surface area contributed by atoms with Gasteiger partial charge < -0.3 is 19.7 Å². The lowest BCUT2D eigenvalue weighted by molar-refractivity contribution is 0.0672. The Morgan fingerprint density at radius 3 is 2.76 bits per heavy atom. The molecule has 1 fully saturated rings. The highest BCUT2D eigenvalue weighted by Gasteiger charge is 2.24. The van der Waals surface area contributed by atoms with Crippen LogP contribution in [-0.2, 0) is 9.47 Å². The quantitative estimate of drug-likeness (QED) is 0.645. The molecule has 1 aliphatic heterocycles. The van der Waals surface area contributed by atoms with Crippen molar-refractivity contribution in [3.05, 3.63) is 0 Å². The van der Waals surface area contributed by atoms with E-state index in [2.05, 4.69) is 24.2 Å². The van der Waals surface area contributed by atoms with Gasteiger partial charge in [-0.2, -0.15) is 0 Å². The normalized spacial score (nSPS) is 26.3. The minimum atomic E-state index is 0.689. The minimum Gasteiger partial charge on any atom is -0.385 e. The molecule has 1 heterocycles. The van der Waals surface area contributed by atoms with Crippen molar-refractivity contribution in [2.75, 3.05) is 53.6 Å². The van der Waals surface area contributed by atoms with E-state index in [1.54, 1.807) is 7.11 Å². The van der Waals surface area contributed by atoms with Crippen LogP contribution in [-0.4, -0.2) is 64.6 Å². The summed E-state index contributed by atoms with van der Waals surface area (Å²) in [4.78, 5) is 2.51.